The molecule has 3 N–H and O–H groups in total. The zero-order valence-corrected chi connectivity index (χ0v) is 15.3. The van der Waals surface area contributed by atoms with E-state index in [-0.39, 0.29) is 10.6 Å². The first kappa shape index (κ1) is 17.7. The molecule has 0 bridgehead atoms. The van der Waals surface area contributed by atoms with Crippen molar-refractivity contribution in [3.63, 3.8) is 0 Å². The van der Waals surface area contributed by atoms with Gasteiger partial charge in [-0.15, -0.1) is 0 Å². The predicted octanol–water partition coefficient (Wildman–Crippen LogP) is 3.01. The summed E-state index contributed by atoms with van der Waals surface area (Å²) in [5, 5.41) is 3.14. The monoisotopic (exact) mass is 393 g/mol. The summed E-state index contributed by atoms with van der Waals surface area (Å²) in [4.78, 5) is 23.4. The lowest BCUT2D eigenvalue weighted by Crippen LogP contribution is -2.15. The van der Waals surface area contributed by atoms with Crippen LogP contribution < -0.4 is 10.0 Å². The van der Waals surface area contributed by atoms with Gasteiger partial charge >= 0.3 is 0 Å². The van der Waals surface area contributed by atoms with Gasteiger partial charge in [0.2, 0.25) is 0 Å². The highest BCUT2D eigenvalue weighted by Crippen LogP contribution is 2.24. The van der Waals surface area contributed by atoms with Crippen LogP contribution in [0.4, 0.5) is 11.5 Å². The number of benzene rings is 1. The zero-order valence-electron chi connectivity index (χ0n) is 14.5. The van der Waals surface area contributed by atoms with Gasteiger partial charge in [-0.25, -0.2) is 18.4 Å². The van der Waals surface area contributed by atoms with E-state index in [1.165, 1.54) is 12.3 Å². The molecule has 0 fully saturated rings. The fraction of sp³-hybridized carbons (Fsp3) is 0. The molecule has 3 aromatic heterocycles. The molecule has 9 heteroatoms. The van der Waals surface area contributed by atoms with Crippen molar-refractivity contribution in [2.75, 3.05) is 10.0 Å². The highest BCUT2D eigenvalue weighted by Gasteiger charge is 2.20. The second-order valence-corrected chi connectivity index (χ2v) is 7.56. The molecule has 1 aromatic carbocycles. The van der Waals surface area contributed by atoms with Crippen molar-refractivity contribution in [1.82, 2.24) is 15.0 Å². The smallest absolute Gasteiger partial charge is 0.264 e. The summed E-state index contributed by atoms with van der Waals surface area (Å²) in [5.74, 6) is 0.0146. The van der Waals surface area contributed by atoms with Gasteiger partial charge in [0, 0.05) is 35.2 Å². The van der Waals surface area contributed by atoms with E-state index >= 15 is 0 Å². The number of hydrogen-bond acceptors (Lipinski definition) is 5. The van der Waals surface area contributed by atoms with Crippen LogP contribution in [-0.4, -0.2) is 29.3 Å². The van der Waals surface area contributed by atoms with Crippen LogP contribution in [-0.2, 0) is 10.0 Å². The first-order valence-corrected chi connectivity index (χ1v) is 9.79. The number of nitrogens with one attached hydrogen (secondary N) is 3. The summed E-state index contributed by atoms with van der Waals surface area (Å²) < 4.78 is 28.1. The molecule has 0 aliphatic rings. The van der Waals surface area contributed by atoms with Gasteiger partial charge in [0.15, 0.2) is 0 Å². The average molecular weight is 393 g/mol. The van der Waals surface area contributed by atoms with Crippen LogP contribution in [0.1, 0.15) is 10.4 Å². The molecule has 0 aliphatic carbocycles. The topological polar surface area (TPSA) is 117 Å². The van der Waals surface area contributed by atoms with E-state index in [4.69, 9.17) is 0 Å². The molecule has 0 atom stereocenters. The van der Waals surface area contributed by atoms with Crippen molar-refractivity contribution in [3.05, 3.63) is 78.8 Å². The fourth-order valence-electron chi connectivity index (χ4n) is 2.71. The van der Waals surface area contributed by atoms with Gasteiger partial charge in [0.05, 0.1) is 0 Å². The molecule has 28 heavy (non-hydrogen) atoms. The van der Waals surface area contributed by atoms with Crippen LogP contribution in [0.3, 0.4) is 0 Å². The molecule has 0 saturated carbocycles. The van der Waals surface area contributed by atoms with Crippen molar-refractivity contribution in [2.45, 2.75) is 4.90 Å². The number of sulfonamides is 1. The normalized spacial score (nSPS) is 11.3. The van der Waals surface area contributed by atoms with E-state index in [0.717, 1.165) is 0 Å². The molecule has 1 amide bonds. The molecule has 4 aromatic rings. The first-order chi connectivity index (χ1) is 13.5. The average Bonchev–Trinajstić information content (AvgIpc) is 3.14. The van der Waals surface area contributed by atoms with Gasteiger partial charge in [-0.1, -0.05) is 12.1 Å². The SMILES string of the molecule is O=C(Nc1ccccn1)c1cccc(NS(=O)(=O)c2c[nH]c3ncccc23)c1. The van der Waals surface area contributed by atoms with Crippen molar-refractivity contribution in [2.24, 2.45) is 0 Å². The number of H-pyrrole nitrogens is 1. The number of aromatic amines is 1. The number of carbonyl (C=O) groups excluding carboxylic acids is 1. The molecular weight excluding hydrogens is 378 g/mol. The Kier molecular flexibility index (Phi) is 4.50. The van der Waals surface area contributed by atoms with Crippen molar-refractivity contribution in [3.8, 4) is 0 Å². The minimum absolute atomic E-state index is 0.0824. The van der Waals surface area contributed by atoms with Crippen molar-refractivity contribution in [1.29, 1.82) is 0 Å². The fourth-order valence-corrected chi connectivity index (χ4v) is 3.93. The van der Waals surface area contributed by atoms with Crippen LogP contribution in [0.5, 0.6) is 0 Å². The zero-order chi connectivity index (χ0) is 19.6. The Morgan fingerprint density at radius 3 is 2.64 bits per heavy atom. The van der Waals surface area contributed by atoms with E-state index in [9.17, 15) is 13.2 Å². The molecule has 0 saturated heterocycles. The maximum atomic E-state index is 12.8. The minimum Gasteiger partial charge on any atom is -0.345 e. The Morgan fingerprint density at radius 2 is 1.82 bits per heavy atom. The number of amides is 1. The van der Waals surface area contributed by atoms with Crippen molar-refractivity contribution < 1.29 is 13.2 Å². The van der Waals surface area contributed by atoms with Crippen LogP contribution in [0.25, 0.3) is 11.0 Å². The molecule has 140 valence electrons. The number of pyridine rings is 2. The minimum atomic E-state index is -3.86. The van der Waals surface area contributed by atoms with Crippen LogP contribution in [0.15, 0.2) is 78.1 Å². The predicted molar refractivity (Wildman–Crippen MR) is 106 cm³/mol. The van der Waals surface area contributed by atoms with Gasteiger partial charge in [0.1, 0.15) is 16.4 Å². The Bertz CT molecular complexity index is 1250. The molecule has 0 unspecified atom stereocenters. The lowest BCUT2D eigenvalue weighted by atomic mass is 10.2. The molecule has 3 heterocycles. The summed E-state index contributed by atoms with van der Waals surface area (Å²) in [6.45, 7) is 0. The molecular formula is C19H15N5O3S. The van der Waals surface area contributed by atoms with Gasteiger partial charge in [0.25, 0.3) is 15.9 Å². The highest BCUT2D eigenvalue weighted by molar-refractivity contribution is 7.93. The summed E-state index contributed by atoms with van der Waals surface area (Å²) >= 11 is 0. The van der Waals surface area contributed by atoms with Gasteiger partial charge in [-0.2, -0.15) is 0 Å². The third kappa shape index (κ3) is 3.55. The summed E-state index contributed by atoms with van der Waals surface area (Å²) in [5.41, 5.74) is 1.05. The number of aromatic nitrogens is 3. The van der Waals surface area contributed by atoms with Crippen molar-refractivity contribution >= 4 is 38.5 Å². The van der Waals surface area contributed by atoms with E-state index in [2.05, 4.69) is 25.0 Å². The van der Waals surface area contributed by atoms with E-state index < -0.39 is 15.9 Å². The molecule has 8 nitrogen and oxygen atoms in total. The maximum Gasteiger partial charge on any atom is 0.264 e. The molecule has 0 radical (unpaired) electrons. The highest BCUT2D eigenvalue weighted by atomic mass is 32.2. The summed E-state index contributed by atoms with van der Waals surface area (Å²) in [7, 11) is -3.86. The summed E-state index contributed by atoms with van der Waals surface area (Å²) in [6.07, 6.45) is 4.53. The van der Waals surface area contributed by atoms with Crippen LogP contribution in [0.2, 0.25) is 0 Å². The number of rotatable bonds is 5. The molecule has 4 rings (SSSR count). The Labute approximate surface area is 160 Å². The second kappa shape index (κ2) is 7.12. The lowest BCUT2D eigenvalue weighted by molar-refractivity contribution is 0.102. The summed E-state index contributed by atoms with van der Waals surface area (Å²) in [6, 6.07) is 14.7. The van der Waals surface area contributed by atoms with Gasteiger partial charge < -0.3 is 10.3 Å². The number of anilines is 2. The number of fused-ring (bicyclic) bond motifs is 1. The number of nitrogens with zero attached hydrogens (tertiary/aromatic N) is 2. The number of hydrogen-bond donors (Lipinski definition) is 3. The second-order valence-electron chi connectivity index (χ2n) is 5.91. The van der Waals surface area contributed by atoms with E-state index in [0.29, 0.717) is 22.4 Å². The van der Waals surface area contributed by atoms with Crippen LogP contribution >= 0.6 is 0 Å². The van der Waals surface area contributed by atoms with E-state index in [1.807, 2.05) is 0 Å². The number of carbonyl (C=O) groups is 1. The lowest BCUT2D eigenvalue weighted by Gasteiger charge is -2.09. The quantitative estimate of drug-likeness (QED) is 0.482. The Balaban J connectivity index is 1.58. The van der Waals surface area contributed by atoms with Gasteiger partial charge in [-0.3, -0.25) is 9.52 Å². The standard InChI is InChI=1S/C19H15N5O3S/c25-19(23-17-8-1-2-9-20-17)13-5-3-6-14(11-13)24-28(26,27)16-12-22-18-15(16)7-4-10-21-18/h1-12,24H,(H,21,22)(H,20,23,25). The van der Waals surface area contributed by atoms with E-state index in [1.54, 1.807) is 60.9 Å². The largest absolute Gasteiger partial charge is 0.345 e. The Hall–Kier alpha value is -3.72. The molecule has 0 aliphatic heterocycles. The van der Waals surface area contributed by atoms with Crippen LogP contribution in [0, 0.1) is 0 Å². The third-order valence-electron chi connectivity index (χ3n) is 3.99. The maximum absolute atomic E-state index is 12.8. The Morgan fingerprint density at radius 1 is 0.964 bits per heavy atom. The van der Waals surface area contributed by atoms with Gasteiger partial charge in [-0.05, 0) is 42.5 Å². The third-order valence-corrected chi connectivity index (χ3v) is 5.41. The molecule has 0 spiro atoms. The first-order valence-electron chi connectivity index (χ1n) is 8.30.